The third-order valence-electron chi connectivity index (χ3n) is 2.33. The average molecular weight is 181 g/mol. The van der Waals surface area contributed by atoms with Crippen molar-refractivity contribution in [1.82, 2.24) is 9.78 Å². The zero-order chi connectivity index (χ0) is 9.26. The zero-order valence-electron chi connectivity index (χ0n) is 7.86. The van der Waals surface area contributed by atoms with Gasteiger partial charge in [-0.05, 0) is 19.8 Å². The van der Waals surface area contributed by atoms with Gasteiger partial charge in [-0.3, -0.25) is 0 Å². The van der Waals surface area contributed by atoms with Gasteiger partial charge < -0.3 is 10.5 Å². The van der Waals surface area contributed by atoms with Gasteiger partial charge in [0, 0.05) is 12.7 Å². The highest BCUT2D eigenvalue weighted by Crippen LogP contribution is 2.15. The van der Waals surface area contributed by atoms with Crippen LogP contribution in [0.15, 0.2) is 6.07 Å². The molecular weight excluding hydrogens is 166 g/mol. The number of hydrogen-bond donors (Lipinski definition) is 1. The van der Waals surface area contributed by atoms with Gasteiger partial charge in [-0.1, -0.05) is 0 Å². The number of hydrogen-bond acceptors (Lipinski definition) is 3. The van der Waals surface area contributed by atoms with Gasteiger partial charge in [-0.2, -0.15) is 5.10 Å². The highest BCUT2D eigenvalue weighted by molar-refractivity contribution is 5.30. The van der Waals surface area contributed by atoms with Crippen molar-refractivity contribution in [3.8, 4) is 0 Å². The number of nitrogens with two attached hydrogens (primary N) is 1. The Balaban J connectivity index is 2.03. The van der Waals surface area contributed by atoms with Crippen LogP contribution in [0.5, 0.6) is 0 Å². The molecule has 1 aromatic heterocycles. The van der Waals surface area contributed by atoms with Crippen LogP contribution in [0.3, 0.4) is 0 Å². The maximum atomic E-state index is 5.76. The van der Waals surface area contributed by atoms with Crippen molar-refractivity contribution in [1.29, 1.82) is 0 Å². The van der Waals surface area contributed by atoms with Crippen molar-refractivity contribution < 1.29 is 4.74 Å². The summed E-state index contributed by atoms with van der Waals surface area (Å²) in [6.45, 7) is 3.62. The lowest BCUT2D eigenvalue weighted by Gasteiger charge is -2.10. The quantitative estimate of drug-likeness (QED) is 0.739. The van der Waals surface area contributed by atoms with Gasteiger partial charge >= 0.3 is 0 Å². The minimum absolute atomic E-state index is 0.307. The Kier molecular flexibility index (Phi) is 2.22. The summed E-state index contributed by atoms with van der Waals surface area (Å²) in [5, 5.41) is 4.29. The van der Waals surface area contributed by atoms with E-state index in [9.17, 15) is 0 Å². The molecular formula is C9H15N3O. The van der Waals surface area contributed by atoms with Gasteiger partial charge in [0.15, 0.2) is 0 Å². The first-order valence-electron chi connectivity index (χ1n) is 4.67. The third kappa shape index (κ3) is 1.83. The number of rotatable bonds is 2. The summed E-state index contributed by atoms with van der Waals surface area (Å²) in [7, 11) is 0. The molecule has 4 nitrogen and oxygen atoms in total. The minimum Gasteiger partial charge on any atom is -0.384 e. The monoisotopic (exact) mass is 181 g/mol. The molecule has 2 heterocycles. The molecule has 0 aromatic carbocycles. The number of ether oxygens (including phenoxy) is 1. The van der Waals surface area contributed by atoms with E-state index in [1.165, 1.54) is 0 Å². The standard InChI is InChI=1S/C9H15N3O/c1-7-5-9(10)12(11-7)6-8-3-2-4-13-8/h5,8H,2-4,6,10H2,1H3/t8-/m1/s1. The largest absolute Gasteiger partial charge is 0.384 e. The molecule has 2 rings (SSSR count). The van der Waals surface area contributed by atoms with E-state index in [-0.39, 0.29) is 0 Å². The molecule has 0 bridgehead atoms. The Morgan fingerprint density at radius 2 is 2.62 bits per heavy atom. The molecule has 0 spiro atoms. The molecule has 0 unspecified atom stereocenters. The van der Waals surface area contributed by atoms with Crippen molar-refractivity contribution >= 4 is 5.82 Å². The average Bonchev–Trinajstić information content (AvgIpc) is 2.63. The van der Waals surface area contributed by atoms with Gasteiger partial charge in [-0.15, -0.1) is 0 Å². The Morgan fingerprint density at radius 3 is 3.15 bits per heavy atom. The fourth-order valence-electron chi connectivity index (χ4n) is 1.69. The molecule has 1 fully saturated rings. The fourth-order valence-corrected chi connectivity index (χ4v) is 1.69. The Morgan fingerprint density at radius 1 is 1.77 bits per heavy atom. The predicted molar refractivity (Wildman–Crippen MR) is 50.4 cm³/mol. The topological polar surface area (TPSA) is 53.1 Å². The summed E-state index contributed by atoms with van der Waals surface area (Å²) >= 11 is 0. The number of aryl methyl sites for hydroxylation is 1. The van der Waals surface area contributed by atoms with E-state index in [2.05, 4.69) is 5.10 Å². The number of nitrogen functional groups attached to an aromatic ring is 1. The predicted octanol–water partition coefficient (Wildman–Crippen LogP) is 0.953. The van der Waals surface area contributed by atoms with Gasteiger partial charge in [0.25, 0.3) is 0 Å². The van der Waals surface area contributed by atoms with Crippen LogP contribution in [-0.2, 0) is 11.3 Å². The summed E-state index contributed by atoms with van der Waals surface area (Å²) < 4.78 is 7.33. The van der Waals surface area contributed by atoms with Gasteiger partial charge in [0.1, 0.15) is 5.82 Å². The van der Waals surface area contributed by atoms with Crippen LogP contribution in [0.4, 0.5) is 5.82 Å². The lowest BCUT2D eigenvalue weighted by molar-refractivity contribution is 0.0945. The SMILES string of the molecule is Cc1cc(N)n(C[C@H]2CCCO2)n1. The Labute approximate surface area is 77.7 Å². The molecule has 72 valence electrons. The molecule has 0 amide bonds. The second kappa shape index (κ2) is 3.38. The van der Waals surface area contributed by atoms with Crippen LogP contribution in [-0.4, -0.2) is 22.5 Å². The molecule has 1 aromatic rings. The second-order valence-corrected chi connectivity index (χ2v) is 3.53. The van der Waals surface area contributed by atoms with E-state index in [1.807, 2.05) is 17.7 Å². The van der Waals surface area contributed by atoms with Gasteiger partial charge in [0.05, 0.1) is 18.3 Å². The van der Waals surface area contributed by atoms with Crippen LogP contribution in [0.25, 0.3) is 0 Å². The maximum absolute atomic E-state index is 5.76. The van der Waals surface area contributed by atoms with Crippen LogP contribution in [0.2, 0.25) is 0 Å². The highest BCUT2D eigenvalue weighted by Gasteiger charge is 2.17. The van der Waals surface area contributed by atoms with E-state index in [1.54, 1.807) is 0 Å². The normalized spacial score (nSPS) is 22.4. The van der Waals surface area contributed by atoms with Gasteiger partial charge in [0.2, 0.25) is 0 Å². The van der Waals surface area contributed by atoms with Crippen LogP contribution in [0.1, 0.15) is 18.5 Å². The van der Waals surface area contributed by atoms with Crippen molar-refractivity contribution in [3.05, 3.63) is 11.8 Å². The molecule has 0 radical (unpaired) electrons. The van der Waals surface area contributed by atoms with E-state index < -0.39 is 0 Å². The van der Waals surface area contributed by atoms with Crippen molar-refractivity contribution in [2.24, 2.45) is 0 Å². The lowest BCUT2D eigenvalue weighted by Crippen LogP contribution is -2.17. The molecule has 2 N–H and O–H groups in total. The highest BCUT2D eigenvalue weighted by atomic mass is 16.5. The summed E-state index contributed by atoms with van der Waals surface area (Å²) in [4.78, 5) is 0. The molecule has 1 aliphatic heterocycles. The van der Waals surface area contributed by atoms with Crippen LogP contribution in [0, 0.1) is 6.92 Å². The maximum Gasteiger partial charge on any atom is 0.122 e. The first kappa shape index (κ1) is 8.56. The Bertz CT molecular complexity index is 289. The second-order valence-electron chi connectivity index (χ2n) is 3.53. The molecule has 1 atom stereocenters. The first-order valence-corrected chi connectivity index (χ1v) is 4.67. The molecule has 4 heteroatoms. The summed E-state index contributed by atoms with van der Waals surface area (Å²) in [5.74, 6) is 0.730. The van der Waals surface area contributed by atoms with E-state index in [0.29, 0.717) is 6.10 Å². The first-order chi connectivity index (χ1) is 6.25. The lowest BCUT2D eigenvalue weighted by atomic mass is 10.2. The van der Waals surface area contributed by atoms with Crippen molar-refractivity contribution in [3.63, 3.8) is 0 Å². The van der Waals surface area contributed by atoms with Crippen molar-refractivity contribution in [2.75, 3.05) is 12.3 Å². The van der Waals surface area contributed by atoms with Crippen molar-refractivity contribution in [2.45, 2.75) is 32.4 Å². The molecule has 0 saturated carbocycles. The summed E-state index contributed by atoms with van der Waals surface area (Å²) in [6.07, 6.45) is 2.59. The fraction of sp³-hybridized carbons (Fsp3) is 0.667. The molecule has 0 aliphatic carbocycles. The molecule has 1 saturated heterocycles. The zero-order valence-corrected chi connectivity index (χ0v) is 7.86. The summed E-state index contributed by atoms with van der Waals surface area (Å²) in [5.41, 5.74) is 6.73. The third-order valence-corrected chi connectivity index (χ3v) is 2.33. The molecule has 1 aliphatic rings. The van der Waals surface area contributed by atoms with Crippen LogP contribution < -0.4 is 5.73 Å². The van der Waals surface area contributed by atoms with E-state index in [0.717, 1.165) is 37.5 Å². The Hall–Kier alpha value is -1.03. The smallest absolute Gasteiger partial charge is 0.122 e. The number of anilines is 1. The summed E-state index contributed by atoms with van der Waals surface area (Å²) in [6, 6.07) is 1.88. The number of aromatic nitrogens is 2. The van der Waals surface area contributed by atoms with Crippen LogP contribution >= 0.6 is 0 Å². The van der Waals surface area contributed by atoms with E-state index >= 15 is 0 Å². The molecule has 13 heavy (non-hydrogen) atoms. The number of nitrogens with zero attached hydrogens (tertiary/aromatic N) is 2. The minimum atomic E-state index is 0.307. The van der Waals surface area contributed by atoms with E-state index in [4.69, 9.17) is 10.5 Å². The van der Waals surface area contributed by atoms with Gasteiger partial charge in [-0.25, -0.2) is 4.68 Å².